The first-order chi connectivity index (χ1) is 34.9. The Labute approximate surface area is 485 Å². The maximum absolute atomic E-state index is 3.20. The van der Waals surface area contributed by atoms with E-state index in [0.29, 0.717) is 0 Å². The van der Waals surface area contributed by atoms with Crippen molar-refractivity contribution in [2.24, 2.45) is 0 Å². The summed E-state index contributed by atoms with van der Waals surface area (Å²) in [5.74, 6) is 0. The van der Waals surface area contributed by atoms with Crippen molar-refractivity contribution in [2.75, 3.05) is 0 Å². The van der Waals surface area contributed by atoms with E-state index in [4.69, 9.17) is 0 Å². The molecule has 0 spiro atoms. The summed E-state index contributed by atoms with van der Waals surface area (Å²) < 4.78 is 2.83. The van der Waals surface area contributed by atoms with Crippen LogP contribution in [-0.2, 0) is 48.5 Å². The predicted molar refractivity (Wildman–Crippen MR) is 314 cm³/mol. The third-order valence-electron chi connectivity index (χ3n) is 12.4. The summed E-state index contributed by atoms with van der Waals surface area (Å²) in [7, 11) is -1.96. The smallest absolute Gasteiger partial charge is 0.0771 e. The van der Waals surface area contributed by atoms with Gasteiger partial charge in [-0.25, -0.2) is 22.5 Å². The Bertz CT molecular complexity index is 3030. The van der Waals surface area contributed by atoms with Gasteiger partial charge in [0.1, 0.15) is 0 Å². The Morgan fingerprint density at radius 2 is 0.554 bits per heavy atom. The van der Waals surface area contributed by atoms with Crippen molar-refractivity contribution in [3.8, 4) is 0 Å². The fourth-order valence-corrected chi connectivity index (χ4v) is 12.5. The minimum absolute atomic E-state index is 0. The SMILES string of the molecule is C[Si](C)(C)C1=CC[C-]=C1.C[Si](C)(C)C1=CC[C-]=C1.[Cl-].[Cl-].[Zr+2]=[C](c1ccccc1)c1ccccc1.[Zr+2]=[C](c1ccccc1)c1ccccc1.c1ccc2c(c1)[cH-]c1ccccc12.c1ccc2c(c1)[cH-]c1ccccc12. The van der Waals surface area contributed by atoms with Crippen LogP contribution >= 0.6 is 0 Å². The van der Waals surface area contributed by atoms with Gasteiger partial charge in [0.25, 0.3) is 0 Å². The van der Waals surface area contributed by atoms with Crippen molar-refractivity contribution in [1.82, 2.24) is 0 Å². The summed E-state index contributed by atoms with van der Waals surface area (Å²) in [6, 6.07) is 80.8. The van der Waals surface area contributed by atoms with E-state index < -0.39 is 16.1 Å². The van der Waals surface area contributed by atoms with Gasteiger partial charge in [-0.1, -0.05) is 112 Å². The molecule has 0 N–H and O–H groups in total. The van der Waals surface area contributed by atoms with E-state index in [1.807, 2.05) is 0 Å². The summed E-state index contributed by atoms with van der Waals surface area (Å²) >= 11 is 2.92. The number of rotatable bonds is 6. The summed E-state index contributed by atoms with van der Waals surface area (Å²) in [6.45, 7) is 14.2. The molecule has 0 radical (unpaired) electrons. The van der Waals surface area contributed by atoms with E-state index in [1.165, 1.54) is 120 Å². The normalized spacial score (nSPS) is 12.1. The van der Waals surface area contributed by atoms with Crippen LogP contribution in [0.25, 0.3) is 43.1 Å². The van der Waals surface area contributed by atoms with Crippen LogP contribution in [0.5, 0.6) is 0 Å². The number of allylic oxidation sites excluding steroid dienone is 8. The predicted octanol–water partition coefficient (Wildman–Crippen LogP) is 12.1. The average Bonchev–Trinajstić information content (AvgIpc) is 4.28. The molecule has 0 fully saturated rings. The van der Waals surface area contributed by atoms with Crippen molar-refractivity contribution < 1.29 is 73.3 Å². The van der Waals surface area contributed by atoms with E-state index in [-0.39, 0.29) is 24.8 Å². The van der Waals surface area contributed by atoms with Gasteiger partial charge in [-0.05, 0) is 16.1 Å². The molecule has 10 aromatic rings. The molecule has 0 saturated carbocycles. The van der Waals surface area contributed by atoms with Gasteiger partial charge in [-0.3, -0.25) is 12.2 Å². The third-order valence-corrected chi connectivity index (χ3v) is 19.4. The van der Waals surface area contributed by atoms with Crippen molar-refractivity contribution in [1.29, 1.82) is 0 Å². The molecule has 0 saturated heterocycles. The van der Waals surface area contributed by atoms with Crippen LogP contribution < -0.4 is 24.8 Å². The molecule has 0 aliphatic heterocycles. The molecule has 0 unspecified atom stereocenters. The Balaban J connectivity index is 0.000000165. The summed E-state index contributed by atoms with van der Waals surface area (Å²) in [5, 5.41) is 13.9. The summed E-state index contributed by atoms with van der Waals surface area (Å²) in [6.07, 6.45) is 17.4. The molecule has 0 aromatic heterocycles. The molecule has 2 aliphatic rings. The van der Waals surface area contributed by atoms with Crippen molar-refractivity contribution >= 4 is 65.6 Å². The first-order valence-electron chi connectivity index (χ1n) is 24.9. The van der Waals surface area contributed by atoms with Crippen LogP contribution in [-0.4, -0.2) is 22.6 Å². The zero-order valence-electron chi connectivity index (χ0n) is 43.4. The number of benzene rings is 8. The van der Waals surface area contributed by atoms with Gasteiger partial charge in [0, 0.05) is 0 Å². The van der Waals surface area contributed by atoms with Gasteiger partial charge in [0.15, 0.2) is 0 Å². The maximum atomic E-state index is 3.20. The van der Waals surface area contributed by atoms with Crippen molar-refractivity contribution in [3.05, 3.63) is 300 Å². The van der Waals surface area contributed by atoms with Crippen LogP contribution in [0.3, 0.4) is 0 Å². The Morgan fingerprint density at radius 3 is 0.743 bits per heavy atom. The second kappa shape index (κ2) is 29.9. The zero-order valence-corrected chi connectivity index (χ0v) is 51.8. The first kappa shape index (κ1) is 59.9. The first-order valence-corrected chi connectivity index (χ1v) is 34.3. The third kappa shape index (κ3) is 17.5. The van der Waals surface area contributed by atoms with Crippen LogP contribution in [0.4, 0.5) is 0 Å². The fraction of sp³-hybridized carbons (Fsp3) is 0.118. The molecule has 368 valence electrons. The number of hydrogen-bond acceptors (Lipinski definition) is 0. The van der Waals surface area contributed by atoms with Gasteiger partial charge in [-0.2, -0.15) is 12.2 Å². The molecule has 0 bridgehead atoms. The van der Waals surface area contributed by atoms with Crippen molar-refractivity contribution in [2.45, 2.75) is 52.1 Å². The van der Waals surface area contributed by atoms with Gasteiger partial charge < -0.3 is 24.8 Å². The monoisotopic (exact) mass is 1190 g/mol. The van der Waals surface area contributed by atoms with Gasteiger partial charge in [0.2, 0.25) is 0 Å². The molecule has 0 heterocycles. The minimum atomic E-state index is -0.981. The number of fused-ring (bicyclic) bond motifs is 6. The van der Waals surface area contributed by atoms with Gasteiger partial charge in [0.05, 0.1) is 0 Å². The quantitative estimate of drug-likeness (QED) is 0.115. The number of halogens is 2. The zero-order chi connectivity index (χ0) is 50.8. The summed E-state index contributed by atoms with van der Waals surface area (Å²) in [5.41, 5.74) is 5.32. The Kier molecular flexibility index (Phi) is 24.2. The van der Waals surface area contributed by atoms with Gasteiger partial charge in [-0.15, -0.1) is 92.3 Å². The fourth-order valence-electron chi connectivity index (χ4n) is 8.40. The molecule has 74 heavy (non-hydrogen) atoms. The second-order valence-corrected chi connectivity index (χ2v) is 32.4. The molecule has 0 nitrogen and oxygen atoms in total. The topological polar surface area (TPSA) is 0 Å². The van der Waals surface area contributed by atoms with E-state index in [9.17, 15) is 0 Å². The average molecular weight is 1190 g/mol. The van der Waals surface area contributed by atoms with Crippen LogP contribution in [0.1, 0.15) is 35.1 Å². The molecule has 6 heteroatoms. The minimum Gasteiger partial charge on any atom is -0.126 e. The van der Waals surface area contributed by atoms with E-state index in [2.05, 4.69) is 306 Å². The Hall–Kier alpha value is -5.02. The largest absolute Gasteiger partial charge is 0.126 e. The molecular formula is C68H64Cl2Si2Zr2-2. The van der Waals surface area contributed by atoms with E-state index in [0.717, 1.165) is 12.8 Å². The second-order valence-electron chi connectivity index (χ2n) is 19.8. The number of hydrogen-bond donors (Lipinski definition) is 0. The molecular weight excluding hydrogens is 1130 g/mol. The standard InChI is InChI=1S/2C13H9.2C13H10.2C8H13Si.2ClH.2Zr/c2*1-3-7-12-10(5-1)9-11-6-2-4-8-13(11)12;2*1-3-7-12(8-4-1)11-13-9-5-2-6-10-13;2*1-9(2,3)8-6-4-5-7-8;;;;/h2*1-9H;2*1-10H;2*6-7H,4H2,1-3H3;2*1H;;/q2*-1;;;2*-1;;;2*+2/p-2. The molecule has 0 amide bonds. The molecule has 2 aliphatic carbocycles. The maximum Gasteiger partial charge on any atom is -0.0771 e. The van der Waals surface area contributed by atoms with Crippen molar-refractivity contribution in [3.63, 3.8) is 0 Å². The van der Waals surface area contributed by atoms with Crippen LogP contribution in [0, 0.1) is 12.2 Å². The van der Waals surface area contributed by atoms with Crippen LogP contribution in [0.2, 0.25) is 39.3 Å². The van der Waals surface area contributed by atoms with Gasteiger partial charge >= 0.3 is 198 Å². The molecule has 12 rings (SSSR count). The van der Waals surface area contributed by atoms with Crippen LogP contribution in [0.15, 0.2) is 265 Å². The summed E-state index contributed by atoms with van der Waals surface area (Å²) in [4.78, 5) is 0. The van der Waals surface area contributed by atoms with E-state index in [1.54, 1.807) is 10.4 Å². The Morgan fingerprint density at radius 1 is 0.338 bits per heavy atom. The molecule has 10 aromatic carbocycles. The molecule has 0 atom stereocenters. The van der Waals surface area contributed by atoms with E-state index >= 15 is 0 Å².